The lowest BCUT2D eigenvalue weighted by Crippen LogP contribution is -2.16. The summed E-state index contributed by atoms with van der Waals surface area (Å²) in [7, 11) is 0. The molecule has 0 saturated heterocycles. The molecule has 38 heavy (non-hydrogen) atoms. The summed E-state index contributed by atoms with van der Waals surface area (Å²) in [5.74, 6) is 2.20. The number of carbonyl (C=O) groups is 1. The van der Waals surface area contributed by atoms with Crippen molar-refractivity contribution in [3.8, 4) is 33.8 Å². The lowest BCUT2D eigenvalue weighted by molar-refractivity contribution is 0.102. The van der Waals surface area contributed by atoms with Crippen LogP contribution in [0.4, 0.5) is 5.82 Å². The minimum Gasteiger partial charge on any atom is -0.490 e. The summed E-state index contributed by atoms with van der Waals surface area (Å²) < 4.78 is 24.9. The predicted octanol–water partition coefficient (Wildman–Crippen LogP) is 6.50. The number of aryl methyl sites for hydroxylation is 1. The first-order valence-electron chi connectivity index (χ1n) is 12.4. The zero-order chi connectivity index (χ0) is 26.6. The number of anilines is 1. The molecule has 1 N–H and O–H groups in total. The van der Waals surface area contributed by atoms with Gasteiger partial charge in [-0.3, -0.25) is 4.79 Å². The second-order valence-electron chi connectivity index (χ2n) is 8.30. The molecule has 10 heteroatoms. The van der Waals surface area contributed by atoms with E-state index in [1.165, 1.54) is 11.3 Å². The second-order valence-corrected chi connectivity index (χ2v) is 9.14. The van der Waals surface area contributed by atoms with Crippen molar-refractivity contribution in [3.05, 3.63) is 65.2 Å². The number of nitrogens with one attached hydrogen (secondary N) is 1. The van der Waals surface area contributed by atoms with Gasteiger partial charge in [-0.15, -0.1) is 11.3 Å². The Bertz CT molecular complexity index is 1530. The van der Waals surface area contributed by atoms with Gasteiger partial charge in [0.1, 0.15) is 17.1 Å². The molecular formula is C28H28N4O5S. The fraction of sp³-hybridized carbons (Fsp3) is 0.250. The van der Waals surface area contributed by atoms with Crippen LogP contribution in [0.5, 0.6) is 17.2 Å². The maximum Gasteiger partial charge on any atom is 0.257 e. The Hall–Kier alpha value is -4.31. The highest BCUT2D eigenvalue weighted by Crippen LogP contribution is 2.39. The van der Waals surface area contributed by atoms with Crippen LogP contribution < -0.4 is 19.5 Å². The monoisotopic (exact) mass is 532 g/mol. The maximum absolute atomic E-state index is 13.4. The van der Waals surface area contributed by atoms with Crippen molar-refractivity contribution in [2.45, 2.75) is 27.7 Å². The fourth-order valence-electron chi connectivity index (χ4n) is 4.03. The van der Waals surface area contributed by atoms with Crippen LogP contribution in [0.25, 0.3) is 27.6 Å². The van der Waals surface area contributed by atoms with Crippen LogP contribution >= 0.6 is 11.3 Å². The van der Waals surface area contributed by atoms with E-state index in [1.54, 1.807) is 22.9 Å². The molecule has 0 unspecified atom stereocenters. The summed E-state index contributed by atoms with van der Waals surface area (Å²) in [6.45, 7) is 8.76. The van der Waals surface area contributed by atoms with E-state index in [0.29, 0.717) is 65.0 Å². The Morgan fingerprint density at radius 1 is 1.00 bits per heavy atom. The van der Waals surface area contributed by atoms with E-state index >= 15 is 0 Å². The molecule has 196 valence electrons. The van der Waals surface area contributed by atoms with Gasteiger partial charge in [0.25, 0.3) is 5.91 Å². The molecular weight excluding hydrogens is 504 g/mol. The molecule has 1 amide bonds. The summed E-state index contributed by atoms with van der Waals surface area (Å²) in [6, 6.07) is 14.9. The normalized spacial score (nSPS) is 11.1. The van der Waals surface area contributed by atoms with Gasteiger partial charge in [0.05, 0.1) is 25.5 Å². The van der Waals surface area contributed by atoms with E-state index in [-0.39, 0.29) is 5.91 Å². The Morgan fingerprint density at radius 2 is 1.71 bits per heavy atom. The van der Waals surface area contributed by atoms with Gasteiger partial charge in [-0.05, 0) is 52.0 Å². The highest BCUT2D eigenvalue weighted by Gasteiger charge is 2.21. The summed E-state index contributed by atoms with van der Waals surface area (Å²) >= 11 is 1.40. The summed E-state index contributed by atoms with van der Waals surface area (Å²) in [4.78, 5) is 18.1. The van der Waals surface area contributed by atoms with Gasteiger partial charge in [-0.2, -0.15) is 9.78 Å². The van der Waals surface area contributed by atoms with E-state index in [4.69, 9.17) is 23.6 Å². The van der Waals surface area contributed by atoms with Crippen molar-refractivity contribution in [1.29, 1.82) is 0 Å². The number of carbonyl (C=O) groups excluding carboxylic acids is 1. The van der Waals surface area contributed by atoms with Crippen molar-refractivity contribution in [2.24, 2.45) is 0 Å². The molecule has 0 spiro atoms. The van der Waals surface area contributed by atoms with E-state index in [2.05, 4.69) is 10.4 Å². The van der Waals surface area contributed by atoms with Crippen molar-refractivity contribution in [1.82, 2.24) is 14.8 Å². The average molecular weight is 533 g/mol. The molecule has 0 aliphatic heterocycles. The van der Waals surface area contributed by atoms with E-state index < -0.39 is 0 Å². The Balaban J connectivity index is 1.44. The number of furan rings is 1. The predicted molar refractivity (Wildman–Crippen MR) is 147 cm³/mol. The van der Waals surface area contributed by atoms with E-state index in [0.717, 1.165) is 16.7 Å². The number of nitrogens with zero attached hydrogens (tertiary/aromatic N) is 3. The molecule has 0 radical (unpaired) electrons. The van der Waals surface area contributed by atoms with E-state index in [1.807, 2.05) is 63.4 Å². The molecule has 0 aliphatic rings. The number of rotatable bonds is 10. The SMILES string of the molecule is CCOc1cc(C(=O)Nc2cc(C)nn2-c2nc(-c3cc4ccccc4o3)cs2)cc(OCC)c1OCC. The van der Waals surface area contributed by atoms with Crippen molar-refractivity contribution in [3.63, 3.8) is 0 Å². The lowest BCUT2D eigenvalue weighted by atomic mass is 10.1. The zero-order valence-corrected chi connectivity index (χ0v) is 22.4. The van der Waals surface area contributed by atoms with Gasteiger partial charge in [-0.25, -0.2) is 4.98 Å². The third-order valence-electron chi connectivity index (χ3n) is 5.60. The van der Waals surface area contributed by atoms with Crippen LogP contribution in [-0.4, -0.2) is 40.5 Å². The average Bonchev–Trinajstić information content (AvgIpc) is 3.64. The molecule has 0 saturated carbocycles. The molecule has 9 nitrogen and oxygen atoms in total. The van der Waals surface area contributed by atoms with Crippen LogP contribution in [-0.2, 0) is 0 Å². The number of benzene rings is 2. The number of fused-ring (bicyclic) bond motifs is 1. The molecule has 0 atom stereocenters. The fourth-order valence-corrected chi connectivity index (χ4v) is 4.80. The topological polar surface area (TPSA) is 101 Å². The molecule has 2 aromatic carbocycles. The van der Waals surface area contributed by atoms with E-state index in [9.17, 15) is 4.79 Å². The summed E-state index contributed by atoms with van der Waals surface area (Å²) in [5, 5.41) is 11.0. The van der Waals surface area contributed by atoms with Gasteiger partial charge in [0.2, 0.25) is 10.9 Å². The van der Waals surface area contributed by atoms with Crippen molar-refractivity contribution in [2.75, 3.05) is 25.1 Å². The van der Waals surface area contributed by atoms with Crippen LogP contribution in [0, 0.1) is 6.92 Å². The zero-order valence-electron chi connectivity index (χ0n) is 21.6. The molecule has 0 bridgehead atoms. The Kier molecular flexibility index (Phi) is 7.32. The summed E-state index contributed by atoms with van der Waals surface area (Å²) in [5.41, 5.74) is 2.60. The number of hydrogen-bond acceptors (Lipinski definition) is 8. The first kappa shape index (κ1) is 25.3. The number of para-hydroxylation sites is 1. The minimum absolute atomic E-state index is 0.342. The Morgan fingerprint density at radius 3 is 2.39 bits per heavy atom. The first-order valence-corrected chi connectivity index (χ1v) is 13.3. The van der Waals surface area contributed by atoms with Gasteiger partial charge in [-0.1, -0.05) is 18.2 Å². The molecule has 0 aliphatic carbocycles. The number of aromatic nitrogens is 3. The smallest absolute Gasteiger partial charge is 0.257 e. The molecule has 5 aromatic rings. The van der Waals surface area contributed by atoms with Crippen molar-refractivity contribution < 1.29 is 23.4 Å². The van der Waals surface area contributed by atoms with Gasteiger partial charge < -0.3 is 23.9 Å². The number of ether oxygens (including phenoxy) is 3. The maximum atomic E-state index is 13.4. The third-order valence-corrected chi connectivity index (χ3v) is 6.41. The van der Waals surface area contributed by atoms with Crippen LogP contribution in [0.2, 0.25) is 0 Å². The number of thiazole rings is 1. The molecule has 0 fully saturated rings. The van der Waals surface area contributed by atoms with Crippen LogP contribution in [0.1, 0.15) is 36.8 Å². The molecule has 3 heterocycles. The largest absolute Gasteiger partial charge is 0.490 e. The standard InChI is InChI=1S/C28H28N4O5S/c1-5-34-23-14-19(15-24(35-6-2)26(23)36-7-3)27(33)30-25-12-17(4)31-32(25)28-29-20(16-38-28)22-13-18-10-8-9-11-21(18)37-22/h8-16H,5-7H2,1-4H3,(H,30,33). The highest BCUT2D eigenvalue weighted by molar-refractivity contribution is 7.12. The summed E-state index contributed by atoms with van der Waals surface area (Å²) in [6.07, 6.45) is 0. The van der Waals surface area contributed by atoms with Crippen LogP contribution in [0.15, 0.2) is 58.3 Å². The first-order chi connectivity index (χ1) is 18.5. The third kappa shape index (κ3) is 5.08. The quantitative estimate of drug-likeness (QED) is 0.219. The second kappa shape index (κ2) is 11.0. The number of hydrogen-bond donors (Lipinski definition) is 1. The molecule has 3 aromatic heterocycles. The van der Waals surface area contributed by atoms with Gasteiger partial charge >= 0.3 is 0 Å². The molecule has 5 rings (SSSR count). The number of amides is 1. The van der Waals surface area contributed by atoms with Gasteiger partial charge in [0, 0.05) is 22.4 Å². The van der Waals surface area contributed by atoms with Crippen molar-refractivity contribution >= 4 is 34.0 Å². The minimum atomic E-state index is -0.342. The van der Waals surface area contributed by atoms with Crippen LogP contribution in [0.3, 0.4) is 0 Å². The lowest BCUT2D eigenvalue weighted by Gasteiger charge is -2.17. The Labute approximate surface area is 224 Å². The van der Waals surface area contributed by atoms with Gasteiger partial charge in [0.15, 0.2) is 17.3 Å². The highest BCUT2D eigenvalue weighted by atomic mass is 32.1.